The molecular formula is C35H42N8O3. The molecule has 0 unspecified atom stereocenters. The van der Waals surface area contributed by atoms with E-state index in [1.807, 2.05) is 105 Å². The monoisotopic (exact) mass is 622 g/mol. The second kappa shape index (κ2) is 13.9. The molecule has 11 nitrogen and oxygen atoms in total. The van der Waals surface area contributed by atoms with Crippen LogP contribution in [0.3, 0.4) is 0 Å². The summed E-state index contributed by atoms with van der Waals surface area (Å²) in [6, 6.07) is 19.0. The maximum atomic E-state index is 13.3. The molecule has 2 amide bonds. The maximum absolute atomic E-state index is 13.3. The first kappa shape index (κ1) is 32.4. The molecule has 0 saturated heterocycles. The van der Waals surface area contributed by atoms with Gasteiger partial charge in [-0.15, -0.1) is 10.2 Å². The molecule has 1 atom stereocenters. The second-order valence-corrected chi connectivity index (χ2v) is 12.5. The van der Waals surface area contributed by atoms with Gasteiger partial charge >= 0.3 is 6.03 Å². The first-order chi connectivity index (χ1) is 22.0. The number of hydrogen-bond donors (Lipinski definition) is 3. The van der Waals surface area contributed by atoms with Crippen LogP contribution in [0.5, 0.6) is 5.75 Å². The Bertz CT molecular complexity index is 1780. The summed E-state index contributed by atoms with van der Waals surface area (Å²) < 4.78 is 8.13. The fraction of sp³-hybridized carbons (Fsp3) is 0.343. The lowest BCUT2D eigenvalue weighted by atomic mass is 9.82. The van der Waals surface area contributed by atoms with Crippen molar-refractivity contribution in [1.82, 2.24) is 19.9 Å². The van der Waals surface area contributed by atoms with E-state index in [0.29, 0.717) is 59.8 Å². The fourth-order valence-electron chi connectivity index (χ4n) is 5.14. The molecule has 0 radical (unpaired) electrons. The number of rotatable bonds is 8. The van der Waals surface area contributed by atoms with Gasteiger partial charge in [0.25, 0.3) is 0 Å². The summed E-state index contributed by atoms with van der Waals surface area (Å²) in [6.45, 7) is 8.94. The number of urea groups is 1. The smallest absolute Gasteiger partial charge is 0.346 e. The number of hydrogen-bond acceptors (Lipinski definition) is 8. The Balaban J connectivity index is 1.33. The summed E-state index contributed by atoms with van der Waals surface area (Å²) in [5.74, 6) is 1.75. The van der Waals surface area contributed by atoms with Gasteiger partial charge < -0.3 is 20.5 Å². The zero-order chi connectivity index (χ0) is 32.8. The number of nitrogens with zero attached hydrogens (tertiary/aromatic N) is 6. The fourth-order valence-corrected chi connectivity index (χ4v) is 5.14. The van der Waals surface area contributed by atoms with Gasteiger partial charge in [0.15, 0.2) is 5.65 Å². The number of nitrogens with one attached hydrogen (secondary N) is 1. The number of carbonyl (C=O) groups excluding carboxylic acids is 1. The highest BCUT2D eigenvalue weighted by atomic mass is 16.5. The van der Waals surface area contributed by atoms with Crippen LogP contribution in [0, 0.1) is 12.3 Å². The molecule has 0 saturated carbocycles. The molecule has 2 aromatic carbocycles. The van der Waals surface area contributed by atoms with Crippen LogP contribution >= 0.6 is 0 Å². The minimum atomic E-state index is -0.507. The Labute approximate surface area is 269 Å². The van der Waals surface area contributed by atoms with Crippen LogP contribution in [0.25, 0.3) is 5.65 Å². The molecule has 2 heterocycles. The number of aliphatic imine (C=N–C) groups is 2. The molecule has 4 N–H and O–H groups in total. The summed E-state index contributed by atoms with van der Waals surface area (Å²) in [7, 11) is 1.86. The lowest BCUT2D eigenvalue weighted by molar-refractivity contribution is 0.253. The van der Waals surface area contributed by atoms with Crippen molar-refractivity contribution >= 4 is 34.9 Å². The first-order valence-electron chi connectivity index (χ1n) is 15.4. The summed E-state index contributed by atoms with van der Waals surface area (Å²) in [6.07, 6.45) is 4.94. The lowest BCUT2D eigenvalue weighted by Crippen LogP contribution is -2.30. The number of fused-ring (bicyclic) bond motifs is 2. The Kier molecular flexibility index (Phi) is 9.81. The van der Waals surface area contributed by atoms with Gasteiger partial charge in [-0.25, -0.2) is 9.79 Å². The first-order valence-corrected chi connectivity index (χ1v) is 15.4. The number of amidine groups is 1. The van der Waals surface area contributed by atoms with E-state index in [1.54, 1.807) is 6.08 Å². The van der Waals surface area contributed by atoms with Gasteiger partial charge in [0.05, 0.1) is 30.8 Å². The zero-order valence-electron chi connectivity index (χ0n) is 27.1. The van der Waals surface area contributed by atoms with E-state index in [9.17, 15) is 9.90 Å². The predicted molar refractivity (Wildman–Crippen MR) is 182 cm³/mol. The van der Waals surface area contributed by atoms with Gasteiger partial charge in [0.1, 0.15) is 11.6 Å². The van der Waals surface area contributed by atoms with E-state index < -0.39 is 6.03 Å². The largest absolute Gasteiger partial charge is 0.491 e. The molecule has 240 valence electrons. The van der Waals surface area contributed by atoms with Gasteiger partial charge in [-0.1, -0.05) is 62.7 Å². The number of likely N-dealkylation sites (N-methyl/N-ethyl adjacent to an activating group) is 1. The van der Waals surface area contributed by atoms with Crippen LogP contribution < -0.4 is 20.7 Å². The Morgan fingerprint density at radius 3 is 2.65 bits per heavy atom. The van der Waals surface area contributed by atoms with Crippen molar-refractivity contribution in [1.29, 1.82) is 0 Å². The number of aliphatic hydroxyl groups is 1. The maximum Gasteiger partial charge on any atom is 0.346 e. The van der Waals surface area contributed by atoms with E-state index in [2.05, 4.69) is 31.6 Å². The van der Waals surface area contributed by atoms with E-state index in [0.717, 1.165) is 23.1 Å². The molecule has 2 aromatic heterocycles. The van der Waals surface area contributed by atoms with Crippen molar-refractivity contribution in [2.45, 2.75) is 46.5 Å². The quantitative estimate of drug-likeness (QED) is 0.173. The number of anilines is 1. The molecule has 5 rings (SSSR count). The van der Waals surface area contributed by atoms with E-state index in [1.165, 1.54) is 0 Å². The number of allylic oxidation sites excluding steroid dienone is 1. The molecule has 46 heavy (non-hydrogen) atoms. The standard InChI is InChI=1S/C35H42N8O3/c1-23-10-13-25(14-11-23)37-31(20-30(36)35(2,3)4)39-33(45)38-29-16-12-24(27-8-6-7-9-28(27)29)22-46-26-15-17-32-40-41-34(43(32)21-26)42(5)18-19-44/h6-11,13-15,17,20-21,24,44H,12,16,18-19,22,36H2,1-5H3,(H,37,39,45)/t24-/m0/s1. The highest BCUT2D eigenvalue weighted by molar-refractivity contribution is 6.12. The van der Waals surface area contributed by atoms with Crippen molar-refractivity contribution in [3.8, 4) is 5.75 Å². The molecule has 0 aliphatic heterocycles. The third-order valence-electron chi connectivity index (χ3n) is 7.94. The van der Waals surface area contributed by atoms with Crippen LogP contribution in [0.15, 0.2) is 88.6 Å². The molecule has 0 bridgehead atoms. The Morgan fingerprint density at radius 2 is 1.91 bits per heavy atom. The van der Waals surface area contributed by atoms with Gasteiger partial charge in [-0.05, 0) is 55.2 Å². The van der Waals surface area contributed by atoms with Crippen molar-refractivity contribution in [2.24, 2.45) is 21.1 Å². The topological polar surface area (TPSA) is 143 Å². The number of aliphatic hydroxyl groups excluding tert-OH is 1. The average molecular weight is 623 g/mol. The SMILES string of the molecule is Cc1ccc(N=C(C=C(N)C(C)(C)C)NC(=O)N=C2CC[C@@H](COc3ccc4nnc(N(C)CCO)n4c3)c3ccccc32)cc1. The van der Waals surface area contributed by atoms with Crippen LogP contribution in [-0.2, 0) is 0 Å². The Hall–Kier alpha value is -5.03. The van der Waals surface area contributed by atoms with Gasteiger partial charge in [-0.2, -0.15) is 4.99 Å². The number of benzene rings is 2. The van der Waals surface area contributed by atoms with Crippen molar-refractivity contribution in [2.75, 3.05) is 31.7 Å². The normalized spacial score (nSPS) is 16.4. The van der Waals surface area contributed by atoms with Crippen LogP contribution in [0.4, 0.5) is 16.4 Å². The van der Waals surface area contributed by atoms with Crippen LogP contribution in [0.2, 0.25) is 0 Å². The average Bonchev–Trinajstić information content (AvgIpc) is 3.45. The number of carbonyl (C=O) groups is 1. The molecule has 11 heteroatoms. The molecule has 0 fully saturated rings. The third-order valence-corrected chi connectivity index (χ3v) is 7.94. The van der Waals surface area contributed by atoms with Gasteiger partial charge in [0.2, 0.25) is 5.95 Å². The molecule has 4 aromatic rings. The van der Waals surface area contributed by atoms with Gasteiger partial charge in [0, 0.05) is 36.7 Å². The second-order valence-electron chi connectivity index (χ2n) is 12.5. The van der Waals surface area contributed by atoms with Crippen molar-refractivity contribution < 1.29 is 14.6 Å². The number of nitrogens with two attached hydrogens (primary N) is 1. The molecule has 1 aliphatic carbocycles. The highest BCUT2D eigenvalue weighted by Crippen LogP contribution is 2.33. The Morgan fingerprint density at radius 1 is 1.15 bits per heavy atom. The number of aromatic nitrogens is 3. The van der Waals surface area contributed by atoms with Crippen molar-refractivity contribution in [3.63, 3.8) is 0 Å². The predicted octanol–water partition coefficient (Wildman–Crippen LogP) is 5.54. The number of ether oxygens (including phenoxy) is 1. The molecule has 0 spiro atoms. The summed E-state index contributed by atoms with van der Waals surface area (Å²) in [5.41, 5.74) is 11.9. The summed E-state index contributed by atoms with van der Waals surface area (Å²) in [4.78, 5) is 24.3. The zero-order valence-corrected chi connectivity index (χ0v) is 27.1. The van der Waals surface area contributed by atoms with Crippen molar-refractivity contribution in [3.05, 3.63) is 95.3 Å². The number of aryl methyl sites for hydroxylation is 1. The molecule has 1 aliphatic rings. The highest BCUT2D eigenvalue weighted by Gasteiger charge is 2.26. The summed E-state index contributed by atoms with van der Waals surface area (Å²) >= 11 is 0. The third kappa shape index (κ3) is 7.78. The summed E-state index contributed by atoms with van der Waals surface area (Å²) in [5, 5.41) is 20.6. The lowest BCUT2D eigenvalue weighted by Gasteiger charge is -2.26. The number of amides is 2. The van der Waals surface area contributed by atoms with Gasteiger partial charge in [-0.3, -0.25) is 9.72 Å². The minimum absolute atomic E-state index is 0.0146. The van der Waals surface area contributed by atoms with Crippen LogP contribution in [-0.4, -0.2) is 64.1 Å². The molecular weight excluding hydrogens is 580 g/mol. The number of pyridine rings is 1. The van der Waals surface area contributed by atoms with E-state index >= 15 is 0 Å². The van der Waals surface area contributed by atoms with Crippen LogP contribution in [0.1, 0.15) is 56.2 Å². The minimum Gasteiger partial charge on any atom is -0.491 e. The van der Waals surface area contributed by atoms with E-state index in [4.69, 9.17) is 10.5 Å². The van der Waals surface area contributed by atoms with E-state index in [-0.39, 0.29) is 17.9 Å².